The van der Waals surface area contributed by atoms with Crippen LogP contribution in [0.25, 0.3) is 0 Å². The minimum Gasteiger partial charge on any atom is -0.394 e. The zero-order valence-corrected chi connectivity index (χ0v) is 7.95. The van der Waals surface area contributed by atoms with E-state index in [-0.39, 0.29) is 30.3 Å². The smallest absolute Gasteiger partial charge is 0.151 e. The lowest BCUT2D eigenvalue weighted by Crippen LogP contribution is -2.40. The topological polar surface area (TPSA) is 98.0 Å². The van der Waals surface area contributed by atoms with Gasteiger partial charge in [-0.05, 0) is 0 Å². The van der Waals surface area contributed by atoms with Crippen molar-refractivity contribution in [1.82, 2.24) is 0 Å². The summed E-state index contributed by atoms with van der Waals surface area (Å²) in [5.74, 6) is 0. The molecule has 0 saturated carbocycles. The van der Waals surface area contributed by atoms with E-state index in [4.69, 9.17) is 20.4 Å². The number of hydrogen-bond acceptors (Lipinski definition) is 5. The molecule has 0 rings (SSSR count). The van der Waals surface area contributed by atoms with Gasteiger partial charge in [-0.2, -0.15) is 0 Å². The summed E-state index contributed by atoms with van der Waals surface area (Å²) in [7, 11) is 0. The van der Waals surface area contributed by atoms with E-state index in [1.165, 1.54) is 0 Å². The standard InChI is InChI=1S/C5H10O5.HI/c6-1-3(8)5(10)4(9)2-7;/h1,3-5,7-10H,2H2;1H/t3-,4+,5-;/m1./s1. The van der Waals surface area contributed by atoms with Crippen LogP contribution >= 0.6 is 24.0 Å². The largest absolute Gasteiger partial charge is 0.394 e. The van der Waals surface area contributed by atoms with Crippen LogP contribution in [0.5, 0.6) is 0 Å². The van der Waals surface area contributed by atoms with Gasteiger partial charge in [0.15, 0.2) is 6.29 Å². The highest BCUT2D eigenvalue weighted by Gasteiger charge is 2.22. The van der Waals surface area contributed by atoms with Gasteiger partial charge in [0, 0.05) is 0 Å². The number of halogens is 1. The Hall–Kier alpha value is 0.240. The molecular weight excluding hydrogens is 267 g/mol. The third-order valence-corrected chi connectivity index (χ3v) is 1.07. The fraction of sp³-hybridized carbons (Fsp3) is 0.800. The highest BCUT2D eigenvalue weighted by Crippen LogP contribution is 1.96. The predicted molar refractivity (Wildman–Crippen MR) is 46.6 cm³/mol. The molecule has 0 aromatic carbocycles. The maximum Gasteiger partial charge on any atom is 0.151 e. The quantitative estimate of drug-likeness (QED) is 0.348. The summed E-state index contributed by atoms with van der Waals surface area (Å²) in [5.41, 5.74) is 0. The third-order valence-electron chi connectivity index (χ3n) is 1.07. The molecule has 0 aliphatic heterocycles. The molecule has 0 radical (unpaired) electrons. The molecule has 0 aromatic heterocycles. The van der Waals surface area contributed by atoms with Gasteiger partial charge in [0.25, 0.3) is 0 Å². The average Bonchev–Trinajstić information content (AvgIpc) is 2.00. The molecule has 0 aliphatic rings. The monoisotopic (exact) mass is 278 g/mol. The Labute approximate surface area is 80.7 Å². The van der Waals surface area contributed by atoms with Gasteiger partial charge in [-0.15, -0.1) is 24.0 Å². The van der Waals surface area contributed by atoms with Gasteiger partial charge in [0.1, 0.15) is 18.3 Å². The number of aliphatic hydroxyl groups excluding tert-OH is 4. The second kappa shape index (κ2) is 6.92. The number of carbonyl (C=O) groups is 1. The highest BCUT2D eigenvalue weighted by molar-refractivity contribution is 14.0. The average molecular weight is 278 g/mol. The predicted octanol–water partition coefficient (Wildman–Crippen LogP) is -2.12. The number of hydrogen-bond donors (Lipinski definition) is 4. The first-order valence-electron chi connectivity index (χ1n) is 2.73. The van der Waals surface area contributed by atoms with Crippen LogP contribution in [-0.4, -0.2) is 51.6 Å². The first-order chi connectivity index (χ1) is 4.63. The van der Waals surface area contributed by atoms with Crippen LogP contribution in [-0.2, 0) is 4.79 Å². The Balaban J connectivity index is 0. The van der Waals surface area contributed by atoms with Gasteiger partial charge in [0.2, 0.25) is 0 Å². The Bertz CT molecular complexity index is 109. The summed E-state index contributed by atoms with van der Waals surface area (Å²) < 4.78 is 0. The number of rotatable bonds is 4. The fourth-order valence-electron chi connectivity index (χ4n) is 0.416. The van der Waals surface area contributed by atoms with Crippen molar-refractivity contribution in [2.75, 3.05) is 6.61 Å². The first kappa shape index (κ1) is 13.8. The second-order valence-corrected chi connectivity index (χ2v) is 1.87. The summed E-state index contributed by atoms with van der Waals surface area (Å²) in [6, 6.07) is 0. The van der Waals surface area contributed by atoms with E-state index in [9.17, 15) is 4.79 Å². The molecule has 68 valence electrons. The maximum atomic E-state index is 9.76. The molecule has 0 unspecified atom stereocenters. The molecule has 0 fully saturated rings. The van der Waals surface area contributed by atoms with Crippen LogP contribution in [0.2, 0.25) is 0 Å². The van der Waals surface area contributed by atoms with Crippen molar-refractivity contribution in [2.45, 2.75) is 18.3 Å². The van der Waals surface area contributed by atoms with E-state index in [0.29, 0.717) is 0 Å². The van der Waals surface area contributed by atoms with Crippen LogP contribution in [0.3, 0.4) is 0 Å². The fourth-order valence-corrected chi connectivity index (χ4v) is 0.416. The maximum absolute atomic E-state index is 9.76. The number of carbonyl (C=O) groups excluding carboxylic acids is 1. The van der Waals surface area contributed by atoms with Crippen LogP contribution in [0.4, 0.5) is 0 Å². The SMILES string of the molecule is I.O=C[C@@H](O)[C@@H](O)[C@@H](O)CO. The van der Waals surface area contributed by atoms with Crippen LogP contribution < -0.4 is 0 Å². The molecule has 6 heteroatoms. The van der Waals surface area contributed by atoms with E-state index < -0.39 is 24.9 Å². The molecule has 0 bridgehead atoms. The third kappa shape index (κ3) is 4.64. The molecule has 0 saturated heterocycles. The Morgan fingerprint density at radius 3 is 2.00 bits per heavy atom. The minimum absolute atomic E-state index is 0. The normalized spacial score (nSPS) is 17.8. The van der Waals surface area contributed by atoms with Crippen molar-refractivity contribution >= 4 is 30.3 Å². The zero-order valence-electron chi connectivity index (χ0n) is 5.62. The molecule has 3 atom stereocenters. The van der Waals surface area contributed by atoms with Gasteiger partial charge in [0.05, 0.1) is 6.61 Å². The van der Waals surface area contributed by atoms with Gasteiger partial charge < -0.3 is 25.2 Å². The molecule has 0 spiro atoms. The molecule has 0 heterocycles. The molecule has 4 N–H and O–H groups in total. The van der Waals surface area contributed by atoms with Gasteiger partial charge >= 0.3 is 0 Å². The van der Waals surface area contributed by atoms with Gasteiger partial charge in [-0.25, -0.2) is 0 Å². The summed E-state index contributed by atoms with van der Waals surface area (Å²) in [4.78, 5) is 9.76. The van der Waals surface area contributed by atoms with Crippen molar-refractivity contribution < 1.29 is 25.2 Å². The first-order valence-corrected chi connectivity index (χ1v) is 2.73. The van der Waals surface area contributed by atoms with E-state index in [1.54, 1.807) is 0 Å². The Morgan fingerprint density at radius 1 is 1.27 bits per heavy atom. The molecule has 11 heavy (non-hydrogen) atoms. The number of aldehydes is 1. The second-order valence-electron chi connectivity index (χ2n) is 1.87. The van der Waals surface area contributed by atoms with Crippen molar-refractivity contribution in [2.24, 2.45) is 0 Å². The molecular formula is C5H11IO5. The highest BCUT2D eigenvalue weighted by atomic mass is 127. The summed E-state index contributed by atoms with van der Waals surface area (Å²) >= 11 is 0. The van der Waals surface area contributed by atoms with E-state index in [2.05, 4.69) is 0 Å². The van der Waals surface area contributed by atoms with E-state index >= 15 is 0 Å². The Morgan fingerprint density at radius 2 is 1.73 bits per heavy atom. The molecule has 0 amide bonds. The van der Waals surface area contributed by atoms with Crippen LogP contribution in [0.15, 0.2) is 0 Å². The summed E-state index contributed by atoms with van der Waals surface area (Å²) in [5, 5.41) is 34.1. The van der Waals surface area contributed by atoms with Gasteiger partial charge in [-0.3, -0.25) is 0 Å². The van der Waals surface area contributed by atoms with Crippen LogP contribution in [0, 0.1) is 0 Å². The summed E-state index contributed by atoms with van der Waals surface area (Å²) in [6.07, 6.45) is -4.63. The lowest BCUT2D eigenvalue weighted by molar-refractivity contribution is -0.127. The Kier molecular flexibility index (Phi) is 8.68. The van der Waals surface area contributed by atoms with Crippen LogP contribution in [0.1, 0.15) is 0 Å². The lowest BCUT2D eigenvalue weighted by Gasteiger charge is -2.16. The summed E-state index contributed by atoms with van der Waals surface area (Å²) in [6.45, 7) is -0.688. The number of aliphatic hydroxyl groups is 4. The molecule has 5 nitrogen and oxygen atoms in total. The van der Waals surface area contributed by atoms with E-state index in [0.717, 1.165) is 0 Å². The van der Waals surface area contributed by atoms with Crippen molar-refractivity contribution in [3.8, 4) is 0 Å². The van der Waals surface area contributed by atoms with Gasteiger partial charge in [-0.1, -0.05) is 0 Å². The van der Waals surface area contributed by atoms with E-state index in [1.807, 2.05) is 0 Å². The minimum atomic E-state index is -1.64. The van der Waals surface area contributed by atoms with Crippen molar-refractivity contribution in [1.29, 1.82) is 0 Å². The molecule has 0 aliphatic carbocycles. The molecule has 0 aromatic rings. The lowest BCUT2D eigenvalue weighted by atomic mass is 10.1. The zero-order chi connectivity index (χ0) is 8.15. The van der Waals surface area contributed by atoms with Crippen molar-refractivity contribution in [3.63, 3.8) is 0 Å². The van der Waals surface area contributed by atoms with Crippen molar-refractivity contribution in [3.05, 3.63) is 0 Å².